The lowest BCUT2D eigenvalue weighted by molar-refractivity contribution is 0.165. The largest absolute Gasteiger partial charge is 0.453 e. The number of hydrogen-bond donors (Lipinski definition) is 1. The highest BCUT2D eigenvalue weighted by molar-refractivity contribution is 6.37. The Labute approximate surface area is 166 Å². The van der Waals surface area contributed by atoms with Crippen LogP contribution in [-0.2, 0) is 4.74 Å². The van der Waals surface area contributed by atoms with Gasteiger partial charge in [0.2, 0.25) is 0 Å². The smallest absolute Gasteiger partial charge is 0.406 e. The molecule has 1 fully saturated rings. The molecule has 0 unspecified atom stereocenters. The zero-order valence-corrected chi connectivity index (χ0v) is 16.6. The molecule has 2 aromatic heterocycles. The molecule has 1 N–H and O–H groups in total. The van der Waals surface area contributed by atoms with Gasteiger partial charge in [0.1, 0.15) is 16.7 Å². The first kappa shape index (κ1) is 18.8. The second-order valence-electron chi connectivity index (χ2n) is 7.33. The summed E-state index contributed by atoms with van der Waals surface area (Å²) in [5, 5.41) is 8.64. The van der Waals surface area contributed by atoms with Crippen LogP contribution in [0.1, 0.15) is 37.5 Å². The average Bonchev–Trinajstić information content (AvgIpc) is 3.08. The second-order valence-corrected chi connectivity index (χ2v) is 7.74. The molecular weight excluding hydrogens is 382 g/mol. The van der Waals surface area contributed by atoms with Gasteiger partial charge in [-0.15, -0.1) is 0 Å². The number of alkyl carbamates (subject to hydrolysis) is 1. The predicted octanol–water partition coefficient (Wildman–Crippen LogP) is 4.19. The van der Waals surface area contributed by atoms with Crippen LogP contribution in [0.25, 0.3) is 21.8 Å². The summed E-state index contributed by atoms with van der Waals surface area (Å²) in [6.07, 6.45) is 3.24. The number of methoxy groups -OCH3 is 1. The number of rotatable bonds is 3. The summed E-state index contributed by atoms with van der Waals surface area (Å²) in [5.41, 5.74) is 1.18. The lowest BCUT2D eigenvalue weighted by Gasteiger charge is -2.31. The molecule has 0 aliphatic heterocycles. The standard InChI is InChI=1S/C20H22ClN3O4/c1-11-16-18(23-28-11)17-14(21)7-4-8-15(17)24(19(16)25)13-6-3-5-12(9-13)10-22-20(26)27-2/h4,7-8,12-13H,3,5-6,9-10H2,1-2H3,(H,22,26)/t12-,13+/m0/s1. The van der Waals surface area contributed by atoms with Crippen molar-refractivity contribution >= 4 is 39.5 Å². The van der Waals surface area contributed by atoms with Crippen molar-refractivity contribution in [2.75, 3.05) is 13.7 Å². The number of aromatic nitrogens is 2. The van der Waals surface area contributed by atoms with Gasteiger partial charge in [0.15, 0.2) is 0 Å². The van der Waals surface area contributed by atoms with E-state index in [2.05, 4.69) is 15.2 Å². The molecule has 3 aromatic rings. The van der Waals surface area contributed by atoms with Crippen molar-refractivity contribution < 1.29 is 14.1 Å². The monoisotopic (exact) mass is 403 g/mol. The third-order valence-corrected chi connectivity index (χ3v) is 5.94. The number of amides is 1. The Hall–Kier alpha value is -2.54. The predicted molar refractivity (Wildman–Crippen MR) is 107 cm³/mol. The molecule has 1 saturated carbocycles. The van der Waals surface area contributed by atoms with E-state index in [1.165, 1.54) is 7.11 Å². The van der Waals surface area contributed by atoms with Crippen molar-refractivity contribution in [2.45, 2.75) is 38.6 Å². The van der Waals surface area contributed by atoms with E-state index in [0.29, 0.717) is 28.2 Å². The van der Waals surface area contributed by atoms with Crippen molar-refractivity contribution in [3.05, 3.63) is 39.3 Å². The van der Waals surface area contributed by atoms with E-state index in [0.717, 1.165) is 36.6 Å². The maximum atomic E-state index is 13.4. The van der Waals surface area contributed by atoms with Crippen LogP contribution < -0.4 is 10.9 Å². The Kier molecular flexibility index (Phi) is 5.02. The molecule has 0 bridgehead atoms. The van der Waals surface area contributed by atoms with E-state index in [1.54, 1.807) is 13.0 Å². The van der Waals surface area contributed by atoms with Crippen LogP contribution in [0.15, 0.2) is 27.5 Å². The van der Waals surface area contributed by atoms with Gasteiger partial charge in [-0.3, -0.25) is 4.79 Å². The highest BCUT2D eigenvalue weighted by atomic mass is 35.5. The molecule has 1 aliphatic carbocycles. The van der Waals surface area contributed by atoms with Gasteiger partial charge in [-0.2, -0.15) is 0 Å². The fraction of sp³-hybridized carbons (Fsp3) is 0.450. The third kappa shape index (κ3) is 3.13. The second kappa shape index (κ2) is 7.47. The number of benzene rings is 1. The Morgan fingerprint density at radius 2 is 2.21 bits per heavy atom. The van der Waals surface area contributed by atoms with Crippen molar-refractivity contribution in [1.29, 1.82) is 0 Å². The zero-order valence-electron chi connectivity index (χ0n) is 15.8. The number of ether oxygens (including phenoxy) is 1. The van der Waals surface area contributed by atoms with Gasteiger partial charge in [0.25, 0.3) is 5.56 Å². The maximum absolute atomic E-state index is 13.4. The number of nitrogens with zero attached hydrogens (tertiary/aromatic N) is 2. The number of aryl methyl sites for hydroxylation is 1. The average molecular weight is 404 g/mol. The Balaban J connectivity index is 1.80. The Morgan fingerprint density at radius 1 is 1.39 bits per heavy atom. The molecule has 0 radical (unpaired) electrons. The van der Waals surface area contributed by atoms with Crippen LogP contribution in [0.4, 0.5) is 4.79 Å². The number of carbonyl (C=O) groups excluding carboxylic acids is 1. The van der Waals surface area contributed by atoms with Crippen LogP contribution >= 0.6 is 11.6 Å². The molecule has 1 amide bonds. The summed E-state index contributed by atoms with van der Waals surface area (Å²) >= 11 is 6.48. The fourth-order valence-electron chi connectivity index (χ4n) is 4.32. The molecular formula is C20H22ClN3O4. The van der Waals surface area contributed by atoms with Crippen molar-refractivity contribution in [2.24, 2.45) is 5.92 Å². The van der Waals surface area contributed by atoms with E-state index in [1.807, 2.05) is 16.7 Å². The van der Waals surface area contributed by atoms with Crippen LogP contribution in [0.5, 0.6) is 0 Å². The minimum absolute atomic E-state index is 0.0189. The van der Waals surface area contributed by atoms with Gasteiger partial charge in [0, 0.05) is 18.0 Å². The summed E-state index contributed by atoms with van der Waals surface area (Å²) in [6, 6.07) is 5.57. The van der Waals surface area contributed by atoms with E-state index in [9.17, 15) is 9.59 Å². The van der Waals surface area contributed by atoms with E-state index in [4.69, 9.17) is 16.1 Å². The molecule has 2 atom stereocenters. The molecule has 148 valence electrons. The van der Waals surface area contributed by atoms with E-state index >= 15 is 0 Å². The topological polar surface area (TPSA) is 86.4 Å². The van der Waals surface area contributed by atoms with Gasteiger partial charge < -0.3 is 19.1 Å². The lowest BCUT2D eigenvalue weighted by atomic mass is 9.85. The number of hydrogen-bond acceptors (Lipinski definition) is 5. The first-order chi connectivity index (χ1) is 13.5. The molecule has 0 spiro atoms. The summed E-state index contributed by atoms with van der Waals surface area (Å²) in [5.74, 6) is 0.772. The van der Waals surface area contributed by atoms with Crippen LogP contribution in [0.2, 0.25) is 5.02 Å². The lowest BCUT2D eigenvalue weighted by Crippen LogP contribution is -2.34. The molecule has 4 rings (SSSR count). The van der Waals surface area contributed by atoms with Gasteiger partial charge in [-0.1, -0.05) is 29.2 Å². The number of nitrogens with one attached hydrogen (secondary N) is 1. The molecule has 7 nitrogen and oxygen atoms in total. The molecule has 1 aromatic carbocycles. The molecule has 1 aliphatic rings. The van der Waals surface area contributed by atoms with Crippen molar-refractivity contribution in [3.63, 3.8) is 0 Å². The number of carbonyl (C=O) groups is 1. The molecule has 28 heavy (non-hydrogen) atoms. The van der Waals surface area contributed by atoms with Crippen LogP contribution in [-0.4, -0.2) is 29.5 Å². The number of fused-ring (bicyclic) bond motifs is 3. The number of halogens is 1. The maximum Gasteiger partial charge on any atom is 0.406 e. The molecule has 0 saturated heterocycles. The van der Waals surface area contributed by atoms with Crippen LogP contribution in [0, 0.1) is 12.8 Å². The van der Waals surface area contributed by atoms with Gasteiger partial charge in [0.05, 0.1) is 17.6 Å². The highest BCUT2D eigenvalue weighted by Crippen LogP contribution is 2.36. The zero-order chi connectivity index (χ0) is 19.8. The quantitative estimate of drug-likeness (QED) is 0.708. The fourth-order valence-corrected chi connectivity index (χ4v) is 4.58. The summed E-state index contributed by atoms with van der Waals surface area (Å²) < 4.78 is 11.8. The summed E-state index contributed by atoms with van der Waals surface area (Å²) in [4.78, 5) is 24.8. The Bertz CT molecular complexity index is 1100. The van der Waals surface area contributed by atoms with Crippen LogP contribution in [0.3, 0.4) is 0 Å². The van der Waals surface area contributed by atoms with E-state index < -0.39 is 6.09 Å². The SMILES string of the molecule is COC(=O)NC[C@H]1CCC[C@@H](n2c(=O)c3c(C)onc3c3c(Cl)cccc32)C1. The molecule has 8 heteroatoms. The van der Waals surface area contributed by atoms with Crippen molar-refractivity contribution in [3.8, 4) is 0 Å². The Morgan fingerprint density at radius 3 is 3.00 bits per heavy atom. The highest BCUT2D eigenvalue weighted by Gasteiger charge is 2.28. The summed E-state index contributed by atoms with van der Waals surface area (Å²) in [7, 11) is 1.35. The first-order valence-corrected chi connectivity index (χ1v) is 9.79. The molecule has 2 heterocycles. The van der Waals surface area contributed by atoms with Gasteiger partial charge in [-0.05, 0) is 44.2 Å². The third-order valence-electron chi connectivity index (χ3n) is 5.62. The first-order valence-electron chi connectivity index (χ1n) is 9.41. The van der Waals surface area contributed by atoms with Gasteiger partial charge >= 0.3 is 6.09 Å². The number of pyridine rings is 1. The minimum atomic E-state index is -0.432. The van der Waals surface area contributed by atoms with Crippen molar-refractivity contribution in [1.82, 2.24) is 15.0 Å². The summed E-state index contributed by atoms with van der Waals surface area (Å²) in [6.45, 7) is 2.28. The van der Waals surface area contributed by atoms with E-state index in [-0.39, 0.29) is 17.5 Å². The minimum Gasteiger partial charge on any atom is -0.453 e. The normalized spacial score (nSPS) is 19.8. The van der Waals surface area contributed by atoms with Gasteiger partial charge in [-0.25, -0.2) is 4.79 Å².